The number of hydrogen-bond donors (Lipinski definition) is 2. The number of aromatic nitrogens is 2. The summed E-state index contributed by atoms with van der Waals surface area (Å²) in [7, 11) is 0. The third-order valence-electron chi connectivity index (χ3n) is 3.32. The van der Waals surface area contributed by atoms with E-state index in [2.05, 4.69) is 15.3 Å². The van der Waals surface area contributed by atoms with E-state index >= 15 is 0 Å². The quantitative estimate of drug-likeness (QED) is 0.879. The van der Waals surface area contributed by atoms with Crippen LogP contribution in [-0.4, -0.2) is 39.2 Å². The maximum absolute atomic E-state index is 12.1. The molecule has 108 valence electrons. The van der Waals surface area contributed by atoms with E-state index in [1.54, 1.807) is 30.6 Å². The lowest BCUT2D eigenvalue weighted by molar-refractivity contribution is -0.150. The Morgan fingerprint density at radius 3 is 2.57 bits per heavy atom. The van der Waals surface area contributed by atoms with E-state index in [9.17, 15) is 9.59 Å². The van der Waals surface area contributed by atoms with Crippen molar-refractivity contribution in [3.8, 4) is 0 Å². The van der Waals surface area contributed by atoms with E-state index in [0.29, 0.717) is 24.0 Å². The van der Waals surface area contributed by atoms with Gasteiger partial charge in [-0.05, 0) is 31.0 Å². The molecule has 0 saturated carbocycles. The summed E-state index contributed by atoms with van der Waals surface area (Å²) in [5, 5.41) is 11.6. The van der Waals surface area contributed by atoms with Crippen LogP contribution in [0.3, 0.4) is 0 Å². The van der Waals surface area contributed by atoms with Gasteiger partial charge in [0.25, 0.3) is 5.91 Å². The van der Waals surface area contributed by atoms with Gasteiger partial charge in [-0.25, -0.2) is 4.79 Å². The molecule has 7 nitrogen and oxygen atoms in total. The Balaban J connectivity index is 1.70. The number of benzene rings is 1. The zero-order valence-corrected chi connectivity index (χ0v) is 11.0. The largest absolute Gasteiger partial charge is 0.479 e. The first-order valence-electron chi connectivity index (χ1n) is 6.53. The smallest absolute Gasteiger partial charge is 0.332 e. The van der Waals surface area contributed by atoms with Gasteiger partial charge in [0.05, 0.1) is 11.0 Å². The highest BCUT2D eigenvalue weighted by atomic mass is 16.5. The number of carboxylic acids is 1. The minimum absolute atomic E-state index is 0.344. The molecule has 7 heteroatoms. The first-order chi connectivity index (χ1) is 10.1. The van der Waals surface area contributed by atoms with Crippen LogP contribution in [0.5, 0.6) is 0 Å². The van der Waals surface area contributed by atoms with Gasteiger partial charge in [-0.2, -0.15) is 0 Å². The summed E-state index contributed by atoms with van der Waals surface area (Å²) < 4.78 is 5.20. The highest BCUT2D eigenvalue weighted by Crippen LogP contribution is 2.22. The Hall–Kier alpha value is -2.54. The Labute approximate surface area is 120 Å². The van der Waals surface area contributed by atoms with Crippen molar-refractivity contribution in [3.05, 3.63) is 30.6 Å². The lowest BCUT2D eigenvalue weighted by Crippen LogP contribution is -2.29. The van der Waals surface area contributed by atoms with Crippen LogP contribution >= 0.6 is 0 Å². The fourth-order valence-electron chi connectivity index (χ4n) is 2.28. The maximum atomic E-state index is 12.1. The van der Waals surface area contributed by atoms with Crippen molar-refractivity contribution in [1.29, 1.82) is 0 Å². The summed E-state index contributed by atoms with van der Waals surface area (Å²) >= 11 is 0. The highest BCUT2D eigenvalue weighted by Gasteiger charge is 2.34. The van der Waals surface area contributed by atoms with Gasteiger partial charge in [-0.15, -0.1) is 0 Å². The molecule has 0 aliphatic carbocycles. The number of anilines is 1. The summed E-state index contributed by atoms with van der Waals surface area (Å²) in [5.74, 6) is -1.38. The van der Waals surface area contributed by atoms with Gasteiger partial charge in [0, 0.05) is 18.1 Å². The van der Waals surface area contributed by atoms with Crippen LogP contribution in [-0.2, 0) is 14.3 Å². The van der Waals surface area contributed by atoms with Crippen molar-refractivity contribution < 1.29 is 19.4 Å². The first-order valence-corrected chi connectivity index (χ1v) is 6.53. The normalized spacial score (nSPS) is 21.3. The van der Waals surface area contributed by atoms with Gasteiger partial charge in [0.2, 0.25) is 0 Å². The zero-order chi connectivity index (χ0) is 14.8. The van der Waals surface area contributed by atoms with E-state index in [4.69, 9.17) is 9.84 Å². The van der Waals surface area contributed by atoms with Crippen molar-refractivity contribution >= 4 is 28.6 Å². The second kappa shape index (κ2) is 5.45. The highest BCUT2D eigenvalue weighted by molar-refractivity contribution is 5.96. The van der Waals surface area contributed by atoms with E-state index in [-0.39, 0.29) is 5.91 Å². The molecule has 3 rings (SSSR count). The molecule has 2 unspecified atom stereocenters. The summed E-state index contributed by atoms with van der Waals surface area (Å²) in [6, 6.07) is 5.19. The molecule has 1 aromatic heterocycles. The third kappa shape index (κ3) is 2.82. The molecule has 1 fully saturated rings. The molecule has 1 amide bonds. The van der Waals surface area contributed by atoms with E-state index < -0.39 is 18.2 Å². The van der Waals surface area contributed by atoms with Crippen LogP contribution in [0, 0.1) is 0 Å². The molecular weight excluding hydrogens is 274 g/mol. The average molecular weight is 287 g/mol. The number of carbonyl (C=O) groups excluding carboxylic acids is 1. The molecule has 2 aromatic rings. The third-order valence-corrected chi connectivity index (χ3v) is 3.32. The van der Waals surface area contributed by atoms with Gasteiger partial charge in [0.1, 0.15) is 6.10 Å². The first kappa shape index (κ1) is 13.4. The lowest BCUT2D eigenvalue weighted by atomic mass is 10.2. The number of carbonyl (C=O) groups is 2. The molecule has 0 bridgehead atoms. The summed E-state index contributed by atoms with van der Waals surface area (Å²) in [4.78, 5) is 31.2. The number of rotatable bonds is 3. The lowest BCUT2D eigenvalue weighted by Gasteiger charge is -2.12. The van der Waals surface area contributed by atoms with Gasteiger partial charge in [0.15, 0.2) is 6.10 Å². The predicted octanol–water partition coefficient (Wildman–Crippen LogP) is 1.20. The summed E-state index contributed by atoms with van der Waals surface area (Å²) in [6.45, 7) is 0. The molecule has 2 heterocycles. The van der Waals surface area contributed by atoms with E-state index in [1.807, 2.05) is 0 Å². The van der Waals surface area contributed by atoms with Gasteiger partial charge in [-0.3, -0.25) is 14.8 Å². The number of fused-ring (bicyclic) bond motifs is 1. The SMILES string of the molecule is O=C(O)C1CCC(C(=O)Nc2ccc3nccnc3c2)O1. The number of ether oxygens (including phenoxy) is 1. The standard InChI is InChI=1S/C14H13N3O4/c18-13(11-3-4-12(21-11)14(19)20)17-8-1-2-9-10(7-8)16-6-5-15-9/h1-2,5-7,11-12H,3-4H2,(H,17,18)(H,19,20). The molecule has 1 saturated heterocycles. The minimum atomic E-state index is -1.04. The second-order valence-corrected chi connectivity index (χ2v) is 4.78. The molecule has 1 aromatic carbocycles. The average Bonchev–Trinajstić information content (AvgIpc) is 2.97. The van der Waals surface area contributed by atoms with Crippen molar-refractivity contribution in [2.24, 2.45) is 0 Å². The Morgan fingerprint density at radius 2 is 1.86 bits per heavy atom. The number of nitrogens with one attached hydrogen (secondary N) is 1. The van der Waals surface area contributed by atoms with Gasteiger partial charge >= 0.3 is 5.97 Å². The Morgan fingerprint density at radius 1 is 1.14 bits per heavy atom. The zero-order valence-electron chi connectivity index (χ0n) is 11.0. The van der Waals surface area contributed by atoms with Gasteiger partial charge in [-0.1, -0.05) is 0 Å². The van der Waals surface area contributed by atoms with Crippen LogP contribution in [0.15, 0.2) is 30.6 Å². The van der Waals surface area contributed by atoms with Crippen LogP contribution in [0.2, 0.25) is 0 Å². The van der Waals surface area contributed by atoms with Crippen molar-refractivity contribution in [2.75, 3.05) is 5.32 Å². The van der Waals surface area contributed by atoms with Crippen LogP contribution in [0.25, 0.3) is 11.0 Å². The van der Waals surface area contributed by atoms with Gasteiger partial charge < -0.3 is 15.2 Å². The van der Waals surface area contributed by atoms with Crippen LogP contribution in [0.4, 0.5) is 5.69 Å². The molecule has 2 N–H and O–H groups in total. The Bertz CT molecular complexity index is 703. The van der Waals surface area contributed by atoms with Crippen LogP contribution < -0.4 is 5.32 Å². The van der Waals surface area contributed by atoms with E-state index in [0.717, 1.165) is 5.52 Å². The molecule has 2 atom stereocenters. The fraction of sp³-hybridized carbons (Fsp3) is 0.286. The van der Waals surface area contributed by atoms with Crippen molar-refractivity contribution in [2.45, 2.75) is 25.0 Å². The minimum Gasteiger partial charge on any atom is -0.479 e. The number of nitrogens with zero attached hydrogens (tertiary/aromatic N) is 2. The van der Waals surface area contributed by atoms with Crippen LogP contribution in [0.1, 0.15) is 12.8 Å². The predicted molar refractivity (Wildman–Crippen MR) is 73.7 cm³/mol. The van der Waals surface area contributed by atoms with E-state index in [1.165, 1.54) is 0 Å². The van der Waals surface area contributed by atoms with Crippen molar-refractivity contribution in [3.63, 3.8) is 0 Å². The second-order valence-electron chi connectivity index (χ2n) is 4.78. The van der Waals surface area contributed by atoms with Crippen molar-refractivity contribution in [1.82, 2.24) is 9.97 Å². The summed E-state index contributed by atoms with van der Waals surface area (Å²) in [5.41, 5.74) is 1.99. The molecular formula is C14H13N3O4. The fourth-order valence-corrected chi connectivity index (χ4v) is 2.28. The monoisotopic (exact) mass is 287 g/mol. The molecule has 21 heavy (non-hydrogen) atoms. The number of amides is 1. The maximum Gasteiger partial charge on any atom is 0.332 e. The number of aliphatic carboxylic acids is 1. The number of hydrogen-bond acceptors (Lipinski definition) is 5. The molecule has 1 aliphatic heterocycles. The molecule has 0 radical (unpaired) electrons. The molecule has 1 aliphatic rings. The topological polar surface area (TPSA) is 101 Å². The Kier molecular flexibility index (Phi) is 3.49. The number of carboxylic acid groups (broad SMARTS) is 1. The molecule has 0 spiro atoms. The summed E-state index contributed by atoms with van der Waals surface area (Å²) in [6.07, 6.45) is 2.28.